The summed E-state index contributed by atoms with van der Waals surface area (Å²) >= 11 is 13.4. The number of rotatable bonds is 7. The summed E-state index contributed by atoms with van der Waals surface area (Å²) in [5.41, 5.74) is 1.85. The molecule has 1 saturated heterocycles. The number of benzene rings is 2. The maximum Gasteiger partial charge on any atom is 0.174 e. The second kappa shape index (κ2) is 10.1. The van der Waals surface area contributed by atoms with Crippen molar-refractivity contribution in [2.45, 2.75) is 29.0 Å². The third-order valence-corrected chi connectivity index (χ3v) is 6.94. The first-order chi connectivity index (χ1) is 16.6. The number of furan rings is 1. The monoisotopic (exact) mass is 507 g/mol. The van der Waals surface area contributed by atoms with Gasteiger partial charge < -0.3 is 19.4 Å². The van der Waals surface area contributed by atoms with Crippen LogP contribution in [0.3, 0.4) is 0 Å². The number of halogens is 1. The topological polar surface area (TPSA) is 50.5 Å². The summed E-state index contributed by atoms with van der Waals surface area (Å²) in [7, 11) is 0. The summed E-state index contributed by atoms with van der Waals surface area (Å²) < 4.78 is 12.0. The van der Waals surface area contributed by atoms with Crippen molar-refractivity contribution in [3.8, 4) is 5.75 Å². The Morgan fingerprint density at radius 1 is 1.06 bits per heavy atom. The molecule has 2 aromatic heterocycles. The van der Waals surface area contributed by atoms with Crippen LogP contribution in [-0.2, 0) is 0 Å². The van der Waals surface area contributed by atoms with Gasteiger partial charge in [0.15, 0.2) is 10.2 Å². The number of hydrogen-bond acceptors (Lipinski definition) is 5. The van der Waals surface area contributed by atoms with E-state index in [1.165, 1.54) is 0 Å². The summed E-state index contributed by atoms with van der Waals surface area (Å²) in [5.74, 6) is 1.62. The Morgan fingerprint density at radius 2 is 1.85 bits per heavy atom. The fourth-order valence-electron chi connectivity index (χ4n) is 3.96. The maximum absolute atomic E-state index is 6.35. The molecule has 0 aliphatic carbocycles. The molecular formula is C26H22ClN3O2S2. The van der Waals surface area contributed by atoms with E-state index in [1.807, 2.05) is 85.8 Å². The van der Waals surface area contributed by atoms with Crippen LogP contribution in [-0.4, -0.2) is 16.7 Å². The predicted molar refractivity (Wildman–Crippen MR) is 140 cm³/mol. The molecule has 1 N–H and O–H groups in total. The summed E-state index contributed by atoms with van der Waals surface area (Å²) in [6.45, 7) is 2.59. The number of ether oxygens (including phenoxy) is 1. The lowest BCUT2D eigenvalue weighted by Crippen LogP contribution is -2.29. The molecule has 172 valence electrons. The standard InChI is InChI=1S/C26H22ClN3O2S2/c1-2-31-19-10-8-18(9-11-19)30-25(24(29-26(30)33)21-5-3-4-16-28-21)22-14-15-23(32-22)34-20-12-6-17(27)7-13-20/h3-16,24-25H,2H2,1H3,(H,29,33)/t24-,25-/m0/s1. The van der Waals surface area contributed by atoms with Crippen LogP contribution in [0, 0.1) is 0 Å². The molecule has 0 bridgehead atoms. The molecule has 1 fully saturated rings. The molecule has 0 spiro atoms. The van der Waals surface area contributed by atoms with E-state index in [0.29, 0.717) is 16.7 Å². The van der Waals surface area contributed by atoms with Gasteiger partial charge in [0.1, 0.15) is 17.6 Å². The number of aromatic nitrogens is 1. The Balaban J connectivity index is 1.50. The van der Waals surface area contributed by atoms with Crippen molar-refractivity contribution >= 4 is 46.4 Å². The van der Waals surface area contributed by atoms with Crippen molar-refractivity contribution in [3.63, 3.8) is 0 Å². The molecule has 0 saturated carbocycles. The zero-order valence-corrected chi connectivity index (χ0v) is 20.7. The number of hydrogen-bond donors (Lipinski definition) is 1. The van der Waals surface area contributed by atoms with Gasteiger partial charge in [-0.25, -0.2) is 0 Å². The molecule has 1 aliphatic rings. The minimum Gasteiger partial charge on any atom is -0.494 e. The molecule has 0 amide bonds. The summed E-state index contributed by atoms with van der Waals surface area (Å²) in [5, 5.41) is 5.57. The summed E-state index contributed by atoms with van der Waals surface area (Å²) in [4.78, 5) is 7.73. The van der Waals surface area contributed by atoms with Gasteiger partial charge in [0.05, 0.1) is 18.3 Å². The van der Waals surface area contributed by atoms with Gasteiger partial charge in [-0.15, -0.1) is 0 Å². The molecule has 3 heterocycles. The van der Waals surface area contributed by atoms with Gasteiger partial charge in [0.2, 0.25) is 0 Å². The van der Waals surface area contributed by atoms with Gasteiger partial charge in [-0.1, -0.05) is 29.4 Å². The van der Waals surface area contributed by atoms with Crippen molar-refractivity contribution in [1.29, 1.82) is 0 Å². The molecular weight excluding hydrogens is 486 g/mol. The molecule has 5 rings (SSSR count). The third-order valence-electron chi connectivity index (χ3n) is 5.45. The van der Waals surface area contributed by atoms with Crippen LogP contribution < -0.4 is 15.0 Å². The van der Waals surface area contributed by atoms with Crippen molar-refractivity contribution in [3.05, 3.63) is 102 Å². The van der Waals surface area contributed by atoms with Gasteiger partial charge in [-0.2, -0.15) is 0 Å². The fraction of sp³-hybridized carbons (Fsp3) is 0.154. The Bertz CT molecular complexity index is 1260. The lowest BCUT2D eigenvalue weighted by Gasteiger charge is -2.26. The van der Waals surface area contributed by atoms with E-state index >= 15 is 0 Å². The molecule has 8 heteroatoms. The van der Waals surface area contributed by atoms with Gasteiger partial charge in [0, 0.05) is 21.8 Å². The van der Waals surface area contributed by atoms with Crippen molar-refractivity contribution in [2.75, 3.05) is 11.5 Å². The number of pyridine rings is 1. The average Bonchev–Trinajstić information content (AvgIpc) is 3.46. The average molecular weight is 508 g/mol. The minimum absolute atomic E-state index is 0.167. The molecule has 2 aromatic carbocycles. The second-order valence-electron chi connectivity index (χ2n) is 7.64. The van der Waals surface area contributed by atoms with Gasteiger partial charge in [-0.05, 0) is 91.9 Å². The van der Waals surface area contributed by atoms with E-state index in [1.54, 1.807) is 18.0 Å². The highest BCUT2D eigenvalue weighted by Crippen LogP contribution is 2.43. The van der Waals surface area contributed by atoms with Gasteiger partial charge >= 0.3 is 0 Å². The number of thiocarbonyl (C=S) groups is 1. The van der Waals surface area contributed by atoms with Crippen LogP contribution in [0.5, 0.6) is 5.75 Å². The molecule has 4 aromatic rings. The Kier molecular flexibility index (Phi) is 6.76. The third kappa shape index (κ3) is 4.78. The SMILES string of the molecule is CCOc1ccc(N2C(=S)N[C@@H](c3ccccn3)[C@@H]2c2ccc(Sc3ccc(Cl)cc3)o2)cc1. The van der Waals surface area contributed by atoms with E-state index in [4.69, 9.17) is 33.0 Å². The Hall–Kier alpha value is -3.00. The summed E-state index contributed by atoms with van der Waals surface area (Å²) in [6.07, 6.45) is 1.79. The fourth-order valence-corrected chi connectivity index (χ4v) is 5.21. The molecule has 2 atom stereocenters. The van der Waals surface area contributed by atoms with Crippen molar-refractivity contribution in [1.82, 2.24) is 10.3 Å². The van der Waals surface area contributed by atoms with E-state index in [-0.39, 0.29) is 12.1 Å². The number of anilines is 1. The van der Waals surface area contributed by atoms with Crippen LogP contribution in [0.25, 0.3) is 0 Å². The van der Waals surface area contributed by atoms with Crippen LogP contribution >= 0.6 is 35.6 Å². The lowest BCUT2D eigenvalue weighted by atomic mass is 10.0. The highest BCUT2D eigenvalue weighted by molar-refractivity contribution is 7.99. The second-order valence-corrected chi connectivity index (χ2v) is 9.54. The van der Waals surface area contributed by atoms with E-state index in [2.05, 4.69) is 15.2 Å². The first kappa shape index (κ1) is 22.8. The van der Waals surface area contributed by atoms with Crippen LogP contribution in [0.2, 0.25) is 5.02 Å². The minimum atomic E-state index is -0.208. The zero-order valence-electron chi connectivity index (χ0n) is 18.4. The van der Waals surface area contributed by atoms with E-state index in [9.17, 15) is 0 Å². The van der Waals surface area contributed by atoms with Gasteiger partial charge in [-0.3, -0.25) is 4.98 Å². The number of nitrogens with one attached hydrogen (secondary N) is 1. The quantitative estimate of drug-likeness (QED) is 0.269. The Labute approximate surface area is 213 Å². The predicted octanol–water partition coefficient (Wildman–Crippen LogP) is 7.06. The zero-order chi connectivity index (χ0) is 23.5. The van der Waals surface area contributed by atoms with Crippen molar-refractivity contribution in [2.24, 2.45) is 0 Å². The normalized spacial score (nSPS) is 17.6. The van der Waals surface area contributed by atoms with Gasteiger partial charge in [0.25, 0.3) is 0 Å². The Morgan fingerprint density at radius 3 is 2.56 bits per heavy atom. The van der Waals surface area contributed by atoms with E-state index < -0.39 is 0 Å². The first-order valence-electron chi connectivity index (χ1n) is 10.9. The maximum atomic E-state index is 6.35. The first-order valence-corrected chi connectivity index (χ1v) is 12.5. The largest absolute Gasteiger partial charge is 0.494 e. The van der Waals surface area contributed by atoms with Crippen molar-refractivity contribution < 1.29 is 9.15 Å². The molecule has 1 aliphatic heterocycles. The van der Waals surface area contributed by atoms with Crippen LogP contribution in [0.1, 0.15) is 30.5 Å². The highest BCUT2D eigenvalue weighted by Gasteiger charge is 2.42. The number of nitrogens with zero attached hydrogens (tertiary/aromatic N) is 2. The van der Waals surface area contributed by atoms with Crippen LogP contribution in [0.4, 0.5) is 5.69 Å². The summed E-state index contributed by atoms with van der Waals surface area (Å²) in [6, 6.07) is 25.1. The van der Waals surface area contributed by atoms with Crippen LogP contribution in [0.15, 0.2) is 99.5 Å². The molecule has 5 nitrogen and oxygen atoms in total. The molecule has 0 radical (unpaired) electrons. The molecule has 34 heavy (non-hydrogen) atoms. The lowest BCUT2D eigenvalue weighted by molar-refractivity contribution is 0.340. The van der Waals surface area contributed by atoms with E-state index in [0.717, 1.165) is 32.9 Å². The smallest absolute Gasteiger partial charge is 0.174 e. The molecule has 0 unspecified atom stereocenters. The highest BCUT2D eigenvalue weighted by atomic mass is 35.5.